The Morgan fingerprint density at radius 2 is 2.09 bits per heavy atom. The topological polar surface area (TPSA) is 58.9 Å². The van der Waals surface area contributed by atoms with Crippen LogP contribution in [-0.4, -0.2) is 45.3 Å². The van der Waals surface area contributed by atoms with Crippen LogP contribution < -0.4 is 5.32 Å². The minimum absolute atomic E-state index is 0.201. The normalized spacial score (nSPS) is 12.7. The van der Waals surface area contributed by atoms with Gasteiger partial charge in [-0.25, -0.2) is 9.97 Å². The summed E-state index contributed by atoms with van der Waals surface area (Å²) in [6.45, 7) is 4.62. The molecule has 7 heteroatoms. The van der Waals surface area contributed by atoms with Crippen LogP contribution in [0.1, 0.15) is 29.9 Å². The number of hydrogen-bond donors (Lipinski definition) is 1. The lowest BCUT2D eigenvalue weighted by Crippen LogP contribution is -2.27. The SMILES string of the molecule is CCc1c(Cl)nc(C)nc1NCC(c1cnn(C)c1)N(C)C. The second-order valence-electron chi connectivity index (χ2n) is 5.55. The van der Waals surface area contributed by atoms with Crippen molar-refractivity contribution in [1.29, 1.82) is 0 Å². The van der Waals surface area contributed by atoms with Gasteiger partial charge in [-0.2, -0.15) is 5.10 Å². The highest BCUT2D eigenvalue weighted by molar-refractivity contribution is 6.30. The fourth-order valence-corrected chi connectivity index (χ4v) is 2.77. The van der Waals surface area contributed by atoms with Crippen LogP contribution in [0.25, 0.3) is 0 Å². The second kappa shape index (κ2) is 7.07. The highest BCUT2D eigenvalue weighted by Crippen LogP contribution is 2.24. The molecule has 0 aliphatic carbocycles. The van der Waals surface area contributed by atoms with Gasteiger partial charge in [0.2, 0.25) is 0 Å². The van der Waals surface area contributed by atoms with E-state index in [1.54, 1.807) is 0 Å². The van der Waals surface area contributed by atoms with Crippen molar-refractivity contribution in [1.82, 2.24) is 24.6 Å². The van der Waals surface area contributed by atoms with Gasteiger partial charge in [0.15, 0.2) is 0 Å². The van der Waals surface area contributed by atoms with Crippen molar-refractivity contribution in [2.45, 2.75) is 26.3 Å². The molecule has 1 atom stereocenters. The van der Waals surface area contributed by atoms with Gasteiger partial charge >= 0.3 is 0 Å². The van der Waals surface area contributed by atoms with E-state index in [1.165, 1.54) is 0 Å². The first-order valence-electron chi connectivity index (χ1n) is 7.34. The van der Waals surface area contributed by atoms with Gasteiger partial charge in [0.1, 0.15) is 16.8 Å². The molecular formula is C15H23ClN6. The molecule has 2 heterocycles. The zero-order chi connectivity index (χ0) is 16.3. The molecule has 0 bridgehead atoms. The van der Waals surface area contributed by atoms with Crippen LogP contribution in [0.2, 0.25) is 5.15 Å². The summed E-state index contributed by atoms with van der Waals surface area (Å²) in [5, 5.41) is 8.20. The van der Waals surface area contributed by atoms with Crippen molar-refractivity contribution in [2.24, 2.45) is 7.05 Å². The summed E-state index contributed by atoms with van der Waals surface area (Å²) < 4.78 is 1.81. The lowest BCUT2D eigenvalue weighted by atomic mass is 10.1. The van der Waals surface area contributed by atoms with Crippen molar-refractivity contribution < 1.29 is 0 Å². The molecule has 1 N–H and O–H groups in total. The predicted molar refractivity (Wildman–Crippen MR) is 89.3 cm³/mol. The van der Waals surface area contributed by atoms with E-state index in [-0.39, 0.29) is 6.04 Å². The fourth-order valence-electron chi connectivity index (χ4n) is 2.43. The lowest BCUT2D eigenvalue weighted by Gasteiger charge is -2.24. The molecule has 2 aromatic rings. The summed E-state index contributed by atoms with van der Waals surface area (Å²) in [5.74, 6) is 1.49. The predicted octanol–water partition coefficient (Wildman–Crippen LogP) is 2.45. The van der Waals surface area contributed by atoms with Crippen LogP contribution in [0.5, 0.6) is 0 Å². The Kier molecular flexibility index (Phi) is 5.37. The fraction of sp³-hybridized carbons (Fsp3) is 0.533. The molecule has 2 aromatic heterocycles. The molecule has 0 fully saturated rings. The molecule has 2 rings (SSSR count). The Morgan fingerprint density at radius 1 is 1.36 bits per heavy atom. The molecule has 6 nitrogen and oxygen atoms in total. The van der Waals surface area contributed by atoms with Crippen LogP contribution in [-0.2, 0) is 13.5 Å². The summed E-state index contributed by atoms with van der Waals surface area (Å²) >= 11 is 6.22. The van der Waals surface area contributed by atoms with Gasteiger partial charge < -0.3 is 10.2 Å². The van der Waals surface area contributed by atoms with Gasteiger partial charge in [-0.15, -0.1) is 0 Å². The number of aromatic nitrogens is 4. The zero-order valence-electron chi connectivity index (χ0n) is 13.8. The van der Waals surface area contributed by atoms with Crippen molar-refractivity contribution >= 4 is 17.4 Å². The number of likely N-dealkylation sites (N-methyl/N-ethyl adjacent to an activating group) is 1. The maximum absolute atomic E-state index is 6.22. The van der Waals surface area contributed by atoms with E-state index in [2.05, 4.69) is 46.3 Å². The quantitative estimate of drug-likeness (QED) is 0.828. The summed E-state index contributed by atoms with van der Waals surface area (Å²) in [4.78, 5) is 10.9. The summed E-state index contributed by atoms with van der Waals surface area (Å²) in [6.07, 6.45) is 4.72. The average molecular weight is 323 g/mol. The first-order valence-corrected chi connectivity index (χ1v) is 7.72. The molecule has 120 valence electrons. The van der Waals surface area contributed by atoms with Crippen molar-refractivity contribution in [2.75, 3.05) is 26.0 Å². The minimum atomic E-state index is 0.201. The van der Waals surface area contributed by atoms with E-state index >= 15 is 0 Å². The summed E-state index contributed by atoms with van der Waals surface area (Å²) in [7, 11) is 6.03. The van der Waals surface area contributed by atoms with E-state index in [0.29, 0.717) is 11.0 Å². The Bertz CT molecular complexity index is 637. The van der Waals surface area contributed by atoms with Gasteiger partial charge in [-0.1, -0.05) is 18.5 Å². The smallest absolute Gasteiger partial charge is 0.138 e. The Labute approximate surface area is 136 Å². The van der Waals surface area contributed by atoms with Crippen LogP contribution in [0.15, 0.2) is 12.4 Å². The maximum Gasteiger partial charge on any atom is 0.138 e. The molecule has 0 saturated heterocycles. The number of rotatable bonds is 6. The molecule has 0 aliphatic rings. The van der Waals surface area contributed by atoms with Gasteiger partial charge in [-0.3, -0.25) is 4.68 Å². The van der Waals surface area contributed by atoms with Gasteiger partial charge in [0.25, 0.3) is 0 Å². The molecule has 0 saturated carbocycles. The Morgan fingerprint density at radius 3 is 2.64 bits per heavy atom. The van der Waals surface area contributed by atoms with Gasteiger partial charge in [0, 0.05) is 30.9 Å². The van der Waals surface area contributed by atoms with Crippen molar-refractivity contribution in [3.63, 3.8) is 0 Å². The van der Waals surface area contributed by atoms with Gasteiger partial charge in [0.05, 0.1) is 12.2 Å². The van der Waals surface area contributed by atoms with E-state index in [4.69, 9.17) is 11.6 Å². The molecule has 0 spiro atoms. The van der Waals surface area contributed by atoms with Crippen LogP contribution in [0.4, 0.5) is 5.82 Å². The molecule has 0 amide bonds. The third kappa shape index (κ3) is 3.75. The highest BCUT2D eigenvalue weighted by Gasteiger charge is 2.17. The third-order valence-electron chi connectivity index (χ3n) is 3.62. The number of anilines is 1. The molecular weight excluding hydrogens is 300 g/mol. The molecule has 1 unspecified atom stereocenters. The Hall–Kier alpha value is -1.66. The minimum Gasteiger partial charge on any atom is -0.368 e. The standard InChI is InChI=1S/C15H23ClN6/c1-6-12-14(16)19-10(2)20-15(12)17-8-13(21(3)4)11-7-18-22(5)9-11/h7,9,13H,6,8H2,1-5H3,(H,17,19,20). The lowest BCUT2D eigenvalue weighted by molar-refractivity contribution is 0.311. The Balaban J connectivity index is 2.20. The molecule has 0 aromatic carbocycles. The number of halogens is 1. The average Bonchev–Trinajstić information content (AvgIpc) is 2.84. The van der Waals surface area contributed by atoms with E-state index in [9.17, 15) is 0 Å². The highest BCUT2D eigenvalue weighted by atomic mass is 35.5. The first-order chi connectivity index (χ1) is 10.4. The first kappa shape index (κ1) is 16.7. The molecule has 0 radical (unpaired) electrons. The molecule has 0 aliphatic heterocycles. The summed E-state index contributed by atoms with van der Waals surface area (Å²) in [5.41, 5.74) is 2.12. The van der Waals surface area contributed by atoms with E-state index < -0.39 is 0 Å². The van der Waals surface area contributed by atoms with Crippen molar-refractivity contribution in [3.05, 3.63) is 34.5 Å². The zero-order valence-corrected chi connectivity index (χ0v) is 14.5. The summed E-state index contributed by atoms with van der Waals surface area (Å²) in [6, 6.07) is 0.201. The third-order valence-corrected chi connectivity index (χ3v) is 3.93. The van der Waals surface area contributed by atoms with Gasteiger partial charge in [-0.05, 0) is 27.4 Å². The van der Waals surface area contributed by atoms with Crippen LogP contribution in [0.3, 0.4) is 0 Å². The second-order valence-corrected chi connectivity index (χ2v) is 5.91. The van der Waals surface area contributed by atoms with Crippen molar-refractivity contribution in [3.8, 4) is 0 Å². The number of nitrogens with one attached hydrogen (secondary N) is 1. The van der Waals surface area contributed by atoms with E-state index in [1.807, 2.05) is 31.0 Å². The number of aryl methyl sites for hydroxylation is 2. The van der Waals surface area contributed by atoms with Crippen LogP contribution in [0, 0.1) is 6.92 Å². The number of nitrogens with zero attached hydrogens (tertiary/aromatic N) is 5. The molecule has 22 heavy (non-hydrogen) atoms. The number of hydrogen-bond acceptors (Lipinski definition) is 5. The monoisotopic (exact) mass is 322 g/mol. The largest absolute Gasteiger partial charge is 0.368 e. The van der Waals surface area contributed by atoms with E-state index in [0.717, 1.165) is 29.9 Å². The van der Waals surface area contributed by atoms with Crippen LogP contribution >= 0.6 is 11.6 Å². The maximum atomic E-state index is 6.22.